The SMILES string of the molecule is CCCCCCCCCC(CCCCCCCCC)C(=O)CC(=O)O. The van der Waals surface area contributed by atoms with E-state index >= 15 is 0 Å². The van der Waals surface area contributed by atoms with Crippen molar-refractivity contribution in [3.8, 4) is 0 Å². The zero-order chi connectivity index (χ0) is 18.8. The Balaban J connectivity index is 3.94. The monoisotopic (exact) mass is 354 g/mol. The van der Waals surface area contributed by atoms with Gasteiger partial charge in [0.25, 0.3) is 0 Å². The van der Waals surface area contributed by atoms with Gasteiger partial charge in [-0.25, -0.2) is 0 Å². The van der Waals surface area contributed by atoms with Gasteiger partial charge >= 0.3 is 5.97 Å². The lowest BCUT2D eigenvalue weighted by Gasteiger charge is -2.15. The van der Waals surface area contributed by atoms with Crippen molar-refractivity contribution < 1.29 is 14.7 Å². The lowest BCUT2D eigenvalue weighted by molar-refractivity contribution is -0.141. The van der Waals surface area contributed by atoms with Crippen molar-refractivity contribution in [2.45, 2.75) is 123 Å². The lowest BCUT2D eigenvalue weighted by Crippen LogP contribution is -2.18. The van der Waals surface area contributed by atoms with Gasteiger partial charge in [-0.05, 0) is 12.8 Å². The van der Waals surface area contributed by atoms with Crippen LogP contribution in [-0.4, -0.2) is 16.9 Å². The molecule has 0 unspecified atom stereocenters. The first-order valence-electron chi connectivity index (χ1n) is 10.9. The van der Waals surface area contributed by atoms with Crippen molar-refractivity contribution in [3.63, 3.8) is 0 Å². The van der Waals surface area contributed by atoms with Gasteiger partial charge in [-0.2, -0.15) is 0 Å². The summed E-state index contributed by atoms with van der Waals surface area (Å²) < 4.78 is 0. The minimum Gasteiger partial charge on any atom is -0.481 e. The van der Waals surface area contributed by atoms with Crippen LogP contribution in [-0.2, 0) is 9.59 Å². The molecular weight excluding hydrogens is 312 g/mol. The molecule has 0 saturated carbocycles. The van der Waals surface area contributed by atoms with E-state index in [0.717, 1.165) is 25.7 Å². The molecular formula is C22H42O3. The van der Waals surface area contributed by atoms with Crippen LogP contribution in [0.1, 0.15) is 123 Å². The maximum atomic E-state index is 12.2. The number of aliphatic carboxylic acids is 1. The summed E-state index contributed by atoms with van der Waals surface area (Å²) in [6, 6.07) is 0. The quantitative estimate of drug-likeness (QED) is 0.202. The van der Waals surface area contributed by atoms with Crippen molar-refractivity contribution in [2.75, 3.05) is 0 Å². The molecule has 148 valence electrons. The predicted molar refractivity (Wildman–Crippen MR) is 106 cm³/mol. The fourth-order valence-corrected chi connectivity index (χ4v) is 3.46. The molecule has 0 radical (unpaired) electrons. The molecule has 0 amide bonds. The van der Waals surface area contributed by atoms with E-state index in [-0.39, 0.29) is 18.1 Å². The fourth-order valence-electron chi connectivity index (χ4n) is 3.46. The van der Waals surface area contributed by atoms with Gasteiger partial charge in [0, 0.05) is 5.92 Å². The third-order valence-corrected chi connectivity index (χ3v) is 5.09. The molecule has 0 spiro atoms. The van der Waals surface area contributed by atoms with E-state index in [1.807, 2.05) is 0 Å². The number of carboxylic acid groups (broad SMARTS) is 1. The Morgan fingerprint density at radius 2 is 1.00 bits per heavy atom. The first kappa shape index (κ1) is 24.1. The van der Waals surface area contributed by atoms with Gasteiger partial charge in [0.15, 0.2) is 0 Å². The van der Waals surface area contributed by atoms with Crippen LogP contribution in [0.3, 0.4) is 0 Å². The highest BCUT2D eigenvalue weighted by atomic mass is 16.4. The van der Waals surface area contributed by atoms with Gasteiger partial charge in [-0.1, -0.05) is 104 Å². The number of carboxylic acids is 1. The maximum Gasteiger partial charge on any atom is 0.310 e. The fraction of sp³-hybridized carbons (Fsp3) is 0.909. The normalized spacial score (nSPS) is 11.2. The Labute approximate surface area is 156 Å². The Morgan fingerprint density at radius 1 is 0.640 bits per heavy atom. The van der Waals surface area contributed by atoms with Crippen molar-refractivity contribution in [1.82, 2.24) is 0 Å². The first-order valence-corrected chi connectivity index (χ1v) is 10.9. The molecule has 0 aliphatic carbocycles. The van der Waals surface area contributed by atoms with E-state index in [9.17, 15) is 9.59 Å². The molecule has 0 aliphatic heterocycles. The van der Waals surface area contributed by atoms with E-state index in [2.05, 4.69) is 13.8 Å². The summed E-state index contributed by atoms with van der Waals surface area (Å²) in [4.78, 5) is 23.0. The molecule has 0 fully saturated rings. The van der Waals surface area contributed by atoms with Crippen molar-refractivity contribution in [1.29, 1.82) is 0 Å². The number of unbranched alkanes of at least 4 members (excludes halogenated alkanes) is 12. The van der Waals surface area contributed by atoms with Crippen LogP contribution in [0.15, 0.2) is 0 Å². The van der Waals surface area contributed by atoms with Crippen molar-refractivity contribution in [3.05, 3.63) is 0 Å². The largest absolute Gasteiger partial charge is 0.481 e. The molecule has 3 heteroatoms. The zero-order valence-corrected chi connectivity index (χ0v) is 16.9. The summed E-state index contributed by atoms with van der Waals surface area (Å²) in [5.74, 6) is -1.05. The third kappa shape index (κ3) is 16.4. The van der Waals surface area contributed by atoms with Crippen LogP contribution < -0.4 is 0 Å². The molecule has 0 aliphatic rings. The van der Waals surface area contributed by atoms with Crippen LogP contribution in [0, 0.1) is 5.92 Å². The molecule has 0 bridgehead atoms. The first-order chi connectivity index (χ1) is 12.1. The van der Waals surface area contributed by atoms with Crippen LogP contribution in [0.4, 0.5) is 0 Å². The standard InChI is InChI=1S/C22H42O3/c1-3-5-7-9-11-13-15-17-20(21(23)19-22(24)25)18-16-14-12-10-8-6-4-2/h20H,3-19H2,1-2H3,(H,24,25). The van der Waals surface area contributed by atoms with Gasteiger partial charge in [0.1, 0.15) is 12.2 Å². The lowest BCUT2D eigenvalue weighted by atomic mass is 9.89. The number of hydrogen-bond donors (Lipinski definition) is 1. The molecule has 0 aromatic rings. The predicted octanol–water partition coefficient (Wildman–Crippen LogP) is 6.93. The average molecular weight is 355 g/mol. The second kappa shape index (κ2) is 17.9. The highest BCUT2D eigenvalue weighted by molar-refractivity contribution is 5.95. The van der Waals surface area contributed by atoms with E-state index in [1.54, 1.807) is 0 Å². The molecule has 25 heavy (non-hydrogen) atoms. The van der Waals surface area contributed by atoms with E-state index < -0.39 is 5.97 Å². The average Bonchev–Trinajstić information content (AvgIpc) is 2.57. The van der Waals surface area contributed by atoms with Crippen LogP contribution >= 0.6 is 0 Å². The Hall–Kier alpha value is -0.860. The molecule has 0 rings (SSSR count). The molecule has 0 aromatic carbocycles. The van der Waals surface area contributed by atoms with E-state index in [4.69, 9.17) is 5.11 Å². The van der Waals surface area contributed by atoms with Gasteiger partial charge in [-0.15, -0.1) is 0 Å². The smallest absolute Gasteiger partial charge is 0.310 e. The molecule has 0 aromatic heterocycles. The summed E-state index contributed by atoms with van der Waals surface area (Å²) in [5.41, 5.74) is 0. The van der Waals surface area contributed by atoms with Gasteiger partial charge < -0.3 is 5.11 Å². The minimum atomic E-state index is -0.978. The second-order valence-corrected chi connectivity index (χ2v) is 7.55. The van der Waals surface area contributed by atoms with Crippen LogP contribution in [0.5, 0.6) is 0 Å². The Morgan fingerprint density at radius 3 is 1.36 bits per heavy atom. The van der Waals surface area contributed by atoms with Crippen LogP contribution in [0.25, 0.3) is 0 Å². The Bertz CT molecular complexity index is 307. The maximum absolute atomic E-state index is 12.2. The zero-order valence-electron chi connectivity index (χ0n) is 16.9. The number of Topliss-reactive ketones (excluding diaryl/α,β-unsaturated/α-hetero) is 1. The highest BCUT2D eigenvalue weighted by Crippen LogP contribution is 2.21. The number of carbonyl (C=O) groups is 2. The summed E-state index contributed by atoms with van der Waals surface area (Å²) in [6.45, 7) is 4.45. The number of rotatable bonds is 19. The van der Waals surface area contributed by atoms with Gasteiger partial charge in [0.2, 0.25) is 0 Å². The summed E-state index contributed by atoms with van der Waals surface area (Å²) in [7, 11) is 0. The van der Waals surface area contributed by atoms with Crippen molar-refractivity contribution in [2.24, 2.45) is 5.92 Å². The molecule has 0 atom stereocenters. The topological polar surface area (TPSA) is 54.4 Å². The van der Waals surface area contributed by atoms with E-state index in [0.29, 0.717) is 0 Å². The van der Waals surface area contributed by atoms with Gasteiger partial charge in [0.05, 0.1) is 0 Å². The molecule has 0 heterocycles. The summed E-state index contributed by atoms with van der Waals surface area (Å²) in [6.07, 6.45) is 18.8. The van der Waals surface area contributed by atoms with Crippen LogP contribution in [0.2, 0.25) is 0 Å². The number of ketones is 1. The number of carbonyl (C=O) groups excluding carboxylic acids is 1. The highest BCUT2D eigenvalue weighted by Gasteiger charge is 2.20. The third-order valence-electron chi connectivity index (χ3n) is 5.09. The summed E-state index contributed by atoms with van der Waals surface area (Å²) in [5, 5.41) is 8.90. The number of hydrogen-bond acceptors (Lipinski definition) is 2. The van der Waals surface area contributed by atoms with Crippen molar-refractivity contribution >= 4 is 11.8 Å². The summed E-state index contributed by atoms with van der Waals surface area (Å²) >= 11 is 0. The van der Waals surface area contributed by atoms with E-state index in [1.165, 1.54) is 77.0 Å². The minimum absolute atomic E-state index is 0.0256. The second-order valence-electron chi connectivity index (χ2n) is 7.55. The molecule has 3 nitrogen and oxygen atoms in total. The Kier molecular flexibility index (Phi) is 17.3. The molecule has 0 saturated heterocycles. The van der Waals surface area contributed by atoms with Gasteiger partial charge in [-0.3, -0.25) is 9.59 Å². The molecule has 1 N–H and O–H groups in total.